The van der Waals surface area contributed by atoms with E-state index in [4.69, 9.17) is 5.73 Å². The highest BCUT2D eigenvalue weighted by molar-refractivity contribution is 7.12. The lowest BCUT2D eigenvalue weighted by molar-refractivity contribution is 0.814. The minimum Gasteiger partial charge on any atom is -0.330 e. The quantitative estimate of drug-likeness (QED) is 0.766. The first-order valence-corrected chi connectivity index (χ1v) is 6.01. The van der Waals surface area contributed by atoms with Crippen LogP contribution in [-0.4, -0.2) is 6.54 Å². The smallest absolute Gasteiger partial charge is 0.00853 e. The van der Waals surface area contributed by atoms with Gasteiger partial charge in [0.15, 0.2) is 0 Å². The lowest BCUT2D eigenvalue weighted by Gasteiger charge is -1.92. The van der Waals surface area contributed by atoms with Crippen LogP contribution in [0.4, 0.5) is 0 Å². The molecule has 2 aliphatic carbocycles. The van der Waals surface area contributed by atoms with Crippen LogP contribution in [0.3, 0.4) is 0 Å². The van der Waals surface area contributed by atoms with Crippen LogP contribution in [0, 0.1) is 5.92 Å². The first-order valence-electron chi connectivity index (χ1n) is 5.20. The molecule has 0 bridgehead atoms. The molecule has 0 unspecified atom stereocenters. The van der Waals surface area contributed by atoms with E-state index in [0.717, 1.165) is 18.4 Å². The van der Waals surface area contributed by atoms with Crippen LogP contribution in [0.2, 0.25) is 0 Å². The predicted octanol–water partition coefficient (Wildman–Crippen LogP) is 2.30. The van der Waals surface area contributed by atoms with Crippen LogP contribution in [0.15, 0.2) is 6.07 Å². The molecule has 0 spiro atoms. The molecule has 1 aromatic heterocycles. The molecule has 0 radical (unpaired) electrons. The van der Waals surface area contributed by atoms with E-state index in [1.54, 1.807) is 15.3 Å². The topological polar surface area (TPSA) is 26.0 Å². The second kappa shape index (κ2) is 2.82. The number of hydrogen-bond donors (Lipinski definition) is 1. The lowest BCUT2D eigenvalue weighted by Crippen LogP contribution is -2.01. The first kappa shape index (κ1) is 8.01. The van der Waals surface area contributed by atoms with Crippen LogP contribution in [-0.2, 0) is 12.8 Å². The van der Waals surface area contributed by atoms with E-state index in [2.05, 4.69) is 17.4 Å². The van der Waals surface area contributed by atoms with E-state index in [-0.39, 0.29) is 0 Å². The second-order valence-electron chi connectivity index (χ2n) is 4.29. The van der Waals surface area contributed by atoms with Gasteiger partial charge in [-0.25, -0.2) is 0 Å². The maximum Gasteiger partial charge on any atom is 0.00853 e. The normalized spacial score (nSPS) is 30.5. The monoisotopic (exact) mass is 193 g/mol. The predicted molar refractivity (Wildman–Crippen MR) is 56.2 cm³/mol. The van der Waals surface area contributed by atoms with Crippen LogP contribution in [0.25, 0.3) is 0 Å². The molecule has 1 aromatic rings. The van der Waals surface area contributed by atoms with Crippen molar-refractivity contribution in [3.05, 3.63) is 21.4 Å². The van der Waals surface area contributed by atoms with Crippen molar-refractivity contribution in [2.24, 2.45) is 11.7 Å². The summed E-state index contributed by atoms with van der Waals surface area (Å²) in [5.41, 5.74) is 7.30. The van der Waals surface area contributed by atoms with Gasteiger partial charge in [0.1, 0.15) is 0 Å². The largest absolute Gasteiger partial charge is 0.330 e. The molecule has 2 aliphatic rings. The van der Waals surface area contributed by atoms with E-state index in [9.17, 15) is 0 Å². The molecule has 0 aliphatic heterocycles. The molecular formula is C11H15NS. The van der Waals surface area contributed by atoms with E-state index < -0.39 is 0 Å². The maximum absolute atomic E-state index is 5.66. The lowest BCUT2D eigenvalue weighted by atomic mass is 10.2. The Balaban J connectivity index is 1.84. The molecule has 2 atom stereocenters. The summed E-state index contributed by atoms with van der Waals surface area (Å²) in [5, 5.41) is 0. The third-order valence-electron chi connectivity index (χ3n) is 3.36. The molecule has 0 aromatic carbocycles. The molecule has 13 heavy (non-hydrogen) atoms. The Kier molecular flexibility index (Phi) is 1.74. The molecule has 1 fully saturated rings. The van der Waals surface area contributed by atoms with Gasteiger partial charge in [-0.15, -0.1) is 11.3 Å². The summed E-state index contributed by atoms with van der Waals surface area (Å²) in [6.45, 7) is 0.882. The third-order valence-corrected chi connectivity index (χ3v) is 4.73. The molecule has 0 amide bonds. The fourth-order valence-electron chi connectivity index (χ4n) is 2.39. The number of hydrogen-bond acceptors (Lipinski definition) is 2. The Morgan fingerprint density at radius 2 is 2.38 bits per heavy atom. The Morgan fingerprint density at radius 1 is 1.46 bits per heavy atom. The molecule has 0 saturated heterocycles. The average molecular weight is 193 g/mol. The summed E-state index contributed by atoms with van der Waals surface area (Å²) in [6.07, 6.45) is 5.38. The van der Waals surface area contributed by atoms with Gasteiger partial charge in [0.05, 0.1) is 0 Å². The van der Waals surface area contributed by atoms with E-state index >= 15 is 0 Å². The van der Waals surface area contributed by atoms with Gasteiger partial charge in [0.2, 0.25) is 0 Å². The summed E-state index contributed by atoms with van der Waals surface area (Å²) in [6, 6.07) is 2.45. The highest BCUT2D eigenvalue weighted by Crippen LogP contribution is 2.50. The fourth-order valence-corrected chi connectivity index (χ4v) is 3.86. The van der Waals surface area contributed by atoms with Crippen LogP contribution in [0.1, 0.15) is 34.1 Å². The first-order chi connectivity index (χ1) is 6.38. The van der Waals surface area contributed by atoms with Crippen molar-refractivity contribution in [3.63, 3.8) is 0 Å². The molecule has 1 heterocycles. The van der Waals surface area contributed by atoms with Crippen LogP contribution in [0.5, 0.6) is 0 Å². The zero-order valence-corrected chi connectivity index (χ0v) is 8.57. The van der Waals surface area contributed by atoms with E-state index in [0.29, 0.717) is 0 Å². The maximum atomic E-state index is 5.66. The third kappa shape index (κ3) is 1.24. The van der Waals surface area contributed by atoms with Crippen molar-refractivity contribution < 1.29 is 0 Å². The summed E-state index contributed by atoms with van der Waals surface area (Å²) >= 11 is 2.06. The van der Waals surface area contributed by atoms with E-state index in [1.807, 2.05) is 0 Å². The fraction of sp³-hybridized carbons (Fsp3) is 0.636. The van der Waals surface area contributed by atoms with Crippen molar-refractivity contribution in [1.29, 1.82) is 0 Å². The number of aryl methyl sites for hydroxylation is 2. The Morgan fingerprint density at radius 3 is 3.08 bits per heavy atom. The summed E-state index contributed by atoms with van der Waals surface area (Å²) < 4.78 is 0. The standard InChI is InChI=1S/C11H15NS/c12-6-8-4-9(8)11-5-7-2-1-3-10(7)13-11/h5,8-9H,1-4,6,12H2/t8-,9+/m0/s1. The summed E-state index contributed by atoms with van der Waals surface area (Å²) in [7, 11) is 0. The van der Waals surface area contributed by atoms with Gasteiger partial charge in [0.25, 0.3) is 0 Å². The Bertz CT molecular complexity index is 307. The van der Waals surface area contributed by atoms with Gasteiger partial charge < -0.3 is 5.73 Å². The number of fused-ring (bicyclic) bond motifs is 1. The minimum absolute atomic E-state index is 0.804. The molecule has 1 saturated carbocycles. The van der Waals surface area contributed by atoms with Gasteiger partial charge in [-0.1, -0.05) is 0 Å². The Hall–Kier alpha value is -0.340. The van der Waals surface area contributed by atoms with Gasteiger partial charge in [-0.3, -0.25) is 0 Å². The van der Waals surface area contributed by atoms with Crippen molar-refractivity contribution >= 4 is 11.3 Å². The number of nitrogens with two attached hydrogens (primary N) is 1. The molecule has 2 N–H and O–H groups in total. The molecule has 1 nitrogen and oxygen atoms in total. The van der Waals surface area contributed by atoms with Gasteiger partial charge >= 0.3 is 0 Å². The number of rotatable bonds is 2. The zero-order chi connectivity index (χ0) is 8.84. The number of thiophene rings is 1. The highest BCUT2D eigenvalue weighted by Gasteiger charge is 2.38. The SMILES string of the molecule is NC[C@@H]1C[C@H]1c1cc2c(s1)CCC2. The average Bonchev–Trinajstić information content (AvgIpc) is 2.60. The van der Waals surface area contributed by atoms with Crippen molar-refractivity contribution in [2.45, 2.75) is 31.6 Å². The second-order valence-corrected chi connectivity index (χ2v) is 5.46. The Labute approximate surface area is 83.0 Å². The van der Waals surface area contributed by atoms with Gasteiger partial charge in [0, 0.05) is 9.75 Å². The molecule has 70 valence electrons. The van der Waals surface area contributed by atoms with E-state index in [1.165, 1.54) is 25.7 Å². The molecule has 2 heteroatoms. The van der Waals surface area contributed by atoms with Crippen LogP contribution < -0.4 is 5.73 Å². The minimum atomic E-state index is 0.804. The van der Waals surface area contributed by atoms with Gasteiger partial charge in [-0.05, 0) is 55.7 Å². The van der Waals surface area contributed by atoms with Gasteiger partial charge in [-0.2, -0.15) is 0 Å². The molecule has 3 rings (SSSR count). The zero-order valence-electron chi connectivity index (χ0n) is 7.75. The van der Waals surface area contributed by atoms with Crippen molar-refractivity contribution in [1.82, 2.24) is 0 Å². The van der Waals surface area contributed by atoms with Crippen LogP contribution >= 0.6 is 11.3 Å². The highest BCUT2D eigenvalue weighted by atomic mass is 32.1. The van der Waals surface area contributed by atoms with Crippen molar-refractivity contribution in [2.75, 3.05) is 6.54 Å². The summed E-state index contributed by atoms with van der Waals surface area (Å²) in [5.74, 6) is 1.64. The molecular weight excluding hydrogens is 178 g/mol. The van der Waals surface area contributed by atoms with Crippen molar-refractivity contribution in [3.8, 4) is 0 Å². The summed E-state index contributed by atoms with van der Waals surface area (Å²) in [4.78, 5) is 3.29.